The number of halogens is 1. The molecule has 1 amide bonds. The van der Waals surface area contributed by atoms with Crippen molar-refractivity contribution in [3.05, 3.63) is 29.4 Å². The fourth-order valence-electron chi connectivity index (χ4n) is 3.99. The van der Waals surface area contributed by atoms with Gasteiger partial charge in [0.15, 0.2) is 0 Å². The Balaban J connectivity index is 1.79. The predicted molar refractivity (Wildman–Crippen MR) is 114 cm³/mol. The largest absolute Gasteiger partial charge is 0.383 e. The SMILES string of the molecule is CCCCC(CCC)CC(=O)Nc1cn(CC2(O)COC2)c2cccc(Cl)c12. The van der Waals surface area contributed by atoms with Crippen molar-refractivity contribution in [3.63, 3.8) is 0 Å². The highest BCUT2D eigenvalue weighted by Crippen LogP contribution is 2.34. The van der Waals surface area contributed by atoms with Crippen molar-refractivity contribution in [2.45, 2.75) is 64.5 Å². The Labute approximate surface area is 172 Å². The van der Waals surface area contributed by atoms with Gasteiger partial charge in [0, 0.05) is 18.0 Å². The minimum atomic E-state index is -0.859. The van der Waals surface area contributed by atoms with Gasteiger partial charge in [-0.05, 0) is 24.5 Å². The van der Waals surface area contributed by atoms with Crippen LogP contribution in [-0.4, -0.2) is 34.4 Å². The lowest BCUT2D eigenvalue weighted by Crippen LogP contribution is -2.52. The molecule has 1 saturated heterocycles. The van der Waals surface area contributed by atoms with E-state index < -0.39 is 5.60 Å². The van der Waals surface area contributed by atoms with E-state index in [1.54, 1.807) is 0 Å². The van der Waals surface area contributed by atoms with Crippen molar-refractivity contribution >= 4 is 34.1 Å². The number of unbranched alkanes of at least 4 members (excludes halogenated alkanes) is 1. The number of nitrogens with one attached hydrogen (secondary N) is 1. The Morgan fingerprint density at radius 2 is 2.11 bits per heavy atom. The normalized spacial score (nSPS) is 16.7. The van der Waals surface area contributed by atoms with Gasteiger partial charge in [-0.1, -0.05) is 57.2 Å². The summed E-state index contributed by atoms with van der Waals surface area (Å²) < 4.78 is 7.12. The number of amides is 1. The lowest BCUT2D eigenvalue weighted by molar-refractivity contribution is -0.184. The lowest BCUT2D eigenvalue weighted by atomic mass is 9.93. The van der Waals surface area contributed by atoms with Crippen LogP contribution in [0.2, 0.25) is 5.02 Å². The van der Waals surface area contributed by atoms with E-state index >= 15 is 0 Å². The highest BCUT2D eigenvalue weighted by atomic mass is 35.5. The number of carbonyl (C=O) groups is 1. The number of ether oxygens (including phenoxy) is 1. The fourth-order valence-corrected chi connectivity index (χ4v) is 4.26. The molecule has 3 rings (SSSR count). The van der Waals surface area contributed by atoms with Gasteiger partial charge in [-0.2, -0.15) is 0 Å². The van der Waals surface area contributed by atoms with Gasteiger partial charge in [0.25, 0.3) is 0 Å². The van der Waals surface area contributed by atoms with Crippen molar-refractivity contribution in [2.75, 3.05) is 18.5 Å². The van der Waals surface area contributed by atoms with E-state index in [-0.39, 0.29) is 5.91 Å². The Morgan fingerprint density at radius 3 is 2.75 bits per heavy atom. The first-order valence-electron chi connectivity index (χ1n) is 10.3. The van der Waals surface area contributed by atoms with E-state index in [1.807, 2.05) is 29.0 Å². The van der Waals surface area contributed by atoms with E-state index in [0.29, 0.717) is 42.8 Å². The van der Waals surface area contributed by atoms with Crippen LogP contribution >= 0.6 is 11.6 Å². The Bertz CT molecular complexity index is 813. The molecule has 0 saturated carbocycles. The van der Waals surface area contributed by atoms with Crippen LogP contribution in [0.25, 0.3) is 10.9 Å². The molecule has 2 heterocycles. The molecule has 1 aromatic heterocycles. The van der Waals surface area contributed by atoms with Gasteiger partial charge in [-0.3, -0.25) is 4.79 Å². The number of hydrogen-bond acceptors (Lipinski definition) is 3. The van der Waals surface area contributed by atoms with Crippen LogP contribution in [0.5, 0.6) is 0 Å². The Morgan fingerprint density at radius 1 is 1.32 bits per heavy atom. The topological polar surface area (TPSA) is 63.5 Å². The maximum Gasteiger partial charge on any atom is 0.224 e. The van der Waals surface area contributed by atoms with Gasteiger partial charge in [-0.15, -0.1) is 0 Å². The first-order chi connectivity index (χ1) is 13.5. The third-order valence-electron chi connectivity index (χ3n) is 5.47. The molecule has 0 bridgehead atoms. The molecule has 0 radical (unpaired) electrons. The monoisotopic (exact) mass is 406 g/mol. The number of aliphatic hydroxyl groups is 1. The number of hydrogen-bond donors (Lipinski definition) is 2. The lowest BCUT2D eigenvalue weighted by Gasteiger charge is -2.36. The third-order valence-corrected chi connectivity index (χ3v) is 5.79. The molecule has 1 aromatic carbocycles. The number of carbonyl (C=O) groups excluding carboxylic acids is 1. The van der Waals surface area contributed by atoms with Crippen molar-refractivity contribution in [1.29, 1.82) is 0 Å². The molecule has 154 valence electrons. The summed E-state index contributed by atoms with van der Waals surface area (Å²) in [6.45, 7) is 5.41. The molecular formula is C22H31ClN2O3. The number of fused-ring (bicyclic) bond motifs is 1. The molecule has 6 heteroatoms. The summed E-state index contributed by atoms with van der Waals surface area (Å²) in [4.78, 5) is 12.7. The highest BCUT2D eigenvalue weighted by Gasteiger charge is 2.37. The Hall–Kier alpha value is -1.56. The molecule has 0 spiro atoms. The third kappa shape index (κ3) is 4.88. The van der Waals surface area contributed by atoms with Crippen LogP contribution in [0, 0.1) is 5.92 Å². The number of anilines is 1. The summed E-state index contributed by atoms with van der Waals surface area (Å²) in [6, 6.07) is 5.67. The predicted octanol–water partition coefficient (Wildman–Crippen LogP) is 4.99. The molecule has 28 heavy (non-hydrogen) atoms. The van der Waals surface area contributed by atoms with Crippen LogP contribution < -0.4 is 5.32 Å². The van der Waals surface area contributed by atoms with E-state index in [2.05, 4.69) is 19.2 Å². The van der Waals surface area contributed by atoms with Crippen LogP contribution in [0.4, 0.5) is 5.69 Å². The second kappa shape index (κ2) is 9.29. The average Bonchev–Trinajstić information content (AvgIpc) is 2.97. The summed E-state index contributed by atoms with van der Waals surface area (Å²) in [5.41, 5.74) is 0.751. The molecule has 5 nitrogen and oxygen atoms in total. The average molecular weight is 407 g/mol. The van der Waals surface area contributed by atoms with Gasteiger partial charge in [0.05, 0.1) is 36.0 Å². The highest BCUT2D eigenvalue weighted by molar-refractivity contribution is 6.36. The molecule has 2 N–H and O–H groups in total. The van der Waals surface area contributed by atoms with E-state index in [0.717, 1.165) is 43.0 Å². The molecule has 1 aliphatic heterocycles. The quantitative estimate of drug-likeness (QED) is 0.584. The number of aromatic nitrogens is 1. The molecule has 1 atom stereocenters. The van der Waals surface area contributed by atoms with Crippen molar-refractivity contribution in [3.8, 4) is 0 Å². The fraction of sp³-hybridized carbons (Fsp3) is 0.591. The van der Waals surface area contributed by atoms with Crippen molar-refractivity contribution < 1.29 is 14.6 Å². The Kier molecular flexibility index (Phi) is 7.02. The van der Waals surface area contributed by atoms with Crippen molar-refractivity contribution in [2.24, 2.45) is 5.92 Å². The van der Waals surface area contributed by atoms with Gasteiger partial charge in [0.1, 0.15) is 5.60 Å². The number of benzene rings is 1. The van der Waals surface area contributed by atoms with Gasteiger partial charge >= 0.3 is 0 Å². The van der Waals surface area contributed by atoms with Gasteiger partial charge in [0.2, 0.25) is 5.91 Å². The minimum Gasteiger partial charge on any atom is -0.383 e. The summed E-state index contributed by atoms with van der Waals surface area (Å²) in [6.07, 6.45) is 7.97. The first kappa shape index (κ1) is 21.2. The maximum atomic E-state index is 12.7. The second-order valence-electron chi connectivity index (χ2n) is 8.07. The molecule has 0 aliphatic carbocycles. The van der Waals surface area contributed by atoms with E-state index in [1.165, 1.54) is 0 Å². The van der Waals surface area contributed by atoms with E-state index in [9.17, 15) is 9.90 Å². The van der Waals surface area contributed by atoms with Crippen LogP contribution in [0.15, 0.2) is 24.4 Å². The second-order valence-corrected chi connectivity index (χ2v) is 8.48. The zero-order chi connectivity index (χ0) is 20.1. The molecule has 1 fully saturated rings. The number of nitrogens with zero attached hydrogens (tertiary/aromatic N) is 1. The van der Waals surface area contributed by atoms with Gasteiger partial charge in [-0.25, -0.2) is 0 Å². The van der Waals surface area contributed by atoms with Crippen molar-refractivity contribution in [1.82, 2.24) is 4.57 Å². The summed E-state index contributed by atoms with van der Waals surface area (Å²) in [5, 5.41) is 15.0. The molecule has 1 unspecified atom stereocenters. The van der Waals surface area contributed by atoms with Crippen LogP contribution in [-0.2, 0) is 16.1 Å². The standard InChI is InChI=1S/C22H31ClN2O3/c1-3-5-8-16(7-4-2)11-20(26)24-18-12-25(13-22(27)14-28-15-22)19-10-6-9-17(23)21(18)19/h6,9-10,12,16,27H,3-5,7-8,11,13-15H2,1-2H3,(H,24,26). The van der Waals surface area contributed by atoms with Crippen LogP contribution in [0.1, 0.15) is 52.4 Å². The molecule has 1 aliphatic rings. The molecular weight excluding hydrogens is 376 g/mol. The minimum absolute atomic E-state index is 0.0270. The van der Waals surface area contributed by atoms with Crippen LogP contribution in [0.3, 0.4) is 0 Å². The summed E-state index contributed by atoms with van der Waals surface area (Å²) in [7, 11) is 0. The zero-order valence-electron chi connectivity index (χ0n) is 16.8. The first-order valence-corrected chi connectivity index (χ1v) is 10.7. The van der Waals surface area contributed by atoms with E-state index in [4.69, 9.17) is 16.3 Å². The maximum absolute atomic E-state index is 12.7. The molecule has 2 aromatic rings. The zero-order valence-corrected chi connectivity index (χ0v) is 17.6. The summed E-state index contributed by atoms with van der Waals surface area (Å²) >= 11 is 6.45. The number of rotatable bonds is 10. The smallest absolute Gasteiger partial charge is 0.224 e. The summed E-state index contributed by atoms with van der Waals surface area (Å²) in [5.74, 6) is 0.445. The van der Waals surface area contributed by atoms with Gasteiger partial charge < -0.3 is 19.7 Å².